The third-order valence-corrected chi connectivity index (χ3v) is 3.21. The minimum atomic E-state index is -0.186. The number of carbonyl (C=O) groups excluding carboxylic acids is 2. The molecule has 6 heteroatoms. The molecule has 2 aliphatic heterocycles. The molecule has 2 N–H and O–H groups in total. The highest BCUT2D eigenvalue weighted by molar-refractivity contribution is 6.25. The second kappa shape index (κ2) is 4.79. The molecule has 0 saturated carbocycles. The third kappa shape index (κ3) is 2.33. The van der Waals surface area contributed by atoms with Crippen molar-refractivity contribution in [3.8, 4) is 0 Å². The van der Waals surface area contributed by atoms with Crippen molar-refractivity contribution in [3.63, 3.8) is 0 Å². The van der Waals surface area contributed by atoms with Gasteiger partial charge in [0, 0.05) is 0 Å². The fourth-order valence-electron chi connectivity index (χ4n) is 2.40. The molecule has 2 amide bonds. The number of hydrogen-bond donors (Lipinski definition) is 2. The van der Waals surface area contributed by atoms with E-state index >= 15 is 0 Å². The van der Waals surface area contributed by atoms with Crippen LogP contribution in [0.3, 0.4) is 0 Å². The average Bonchev–Trinajstić information content (AvgIpc) is 2.82. The normalized spacial score (nSPS) is 23.8. The molecular formula is C13H16N4O2. The number of hydrogen-bond acceptors (Lipinski definition) is 4. The Balaban J connectivity index is 2.32. The maximum absolute atomic E-state index is 11.7. The Hall–Kier alpha value is -2.24. The van der Waals surface area contributed by atoms with E-state index in [2.05, 4.69) is 21.1 Å². The van der Waals surface area contributed by atoms with Gasteiger partial charge in [-0.25, -0.2) is 10.9 Å². The van der Waals surface area contributed by atoms with Crippen molar-refractivity contribution < 1.29 is 9.59 Å². The number of allylic oxidation sites excluding steroid dienone is 2. The minimum absolute atomic E-state index is 0.186. The summed E-state index contributed by atoms with van der Waals surface area (Å²) in [5.41, 5.74) is 9.23. The number of nitrogens with zero attached hydrogens (tertiary/aromatic N) is 2. The maximum atomic E-state index is 11.7. The van der Waals surface area contributed by atoms with Gasteiger partial charge in [0.1, 0.15) is 0 Å². The lowest BCUT2D eigenvalue weighted by atomic mass is 9.95. The predicted molar refractivity (Wildman–Crippen MR) is 72.5 cm³/mol. The molecule has 0 radical (unpaired) electrons. The predicted octanol–water partition coefficient (Wildman–Crippen LogP) is 1.02. The van der Waals surface area contributed by atoms with Gasteiger partial charge in [0.25, 0.3) is 11.8 Å². The number of carbonyl (C=O) groups is 2. The van der Waals surface area contributed by atoms with Gasteiger partial charge in [-0.15, -0.1) is 0 Å². The van der Waals surface area contributed by atoms with Gasteiger partial charge in [-0.1, -0.05) is 11.1 Å². The Morgan fingerprint density at radius 1 is 0.895 bits per heavy atom. The van der Waals surface area contributed by atoms with Crippen LogP contribution in [0.5, 0.6) is 0 Å². The molecule has 0 bridgehead atoms. The van der Waals surface area contributed by atoms with Gasteiger partial charge in [0.15, 0.2) is 0 Å². The summed E-state index contributed by atoms with van der Waals surface area (Å²) in [4.78, 5) is 23.3. The van der Waals surface area contributed by atoms with Crippen LogP contribution in [-0.2, 0) is 9.59 Å². The van der Waals surface area contributed by atoms with Crippen molar-refractivity contribution >= 4 is 23.2 Å². The summed E-state index contributed by atoms with van der Waals surface area (Å²) in [7, 11) is 0. The van der Waals surface area contributed by atoms with E-state index in [0.29, 0.717) is 29.0 Å². The van der Waals surface area contributed by atoms with Crippen molar-refractivity contribution in [2.75, 3.05) is 0 Å². The van der Waals surface area contributed by atoms with E-state index in [0.717, 1.165) is 11.1 Å². The first-order chi connectivity index (χ1) is 8.91. The smallest absolute Gasteiger partial charge is 0.267 e. The Morgan fingerprint density at radius 3 is 1.53 bits per heavy atom. The first-order valence-corrected chi connectivity index (χ1v) is 6.01. The first-order valence-electron chi connectivity index (χ1n) is 6.01. The van der Waals surface area contributed by atoms with Crippen molar-refractivity contribution in [2.45, 2.75) is 34.1 Å². The molecule has 0 aromatic heterocycles. The Bertz CT molecular complexity index is 542. The van der Waals surface area contributed by atoms with Gasteiger partial charge < -0.3 is 0 Å². The third-order valence-electron chi connectivity index (χ3n) is 3.21. The van der Waals surface area contributed by atoms with Gasteiger partial charge in [-0.2, -0.15) is 10.2 Å². The average molecular weight is 260 g/mol. The molecule has 0 aliphatic carbocycles. The molecule has 2 aliphatic rings. The van der Waals surface area contributed by atoms with Crippen LogP contribution in [0.1, 0.15) is 34.1 Å². The Labute approximate surface area is 111 Å². The van der Waals surface area contributed by atoms with Gasteiger partial charge in [-0.05, 0) is 34.1 Å². The maximum Gasteiger partial charge on any atom is 0.273 e. The number of nitrogens with one attached hydrogen (secondary N) is 2. The quantitative estimate of drug-likeness (QED) is 0.727. The summed E-state index contributed by atoms with van der Waals surface area (Å²) in [6.45, 7) is 7.33. The highest BCUT2D eigenvalue weighted by Gasteiger charge is 2.24. The van der Waals surface area contributed by atoms with Gasteiger partial charge in [0.05, 0.1) is 22.6 Å². The van der Waals surface area contributed by atoms with Crippen LogP contribution in [0.25, 0.3) is 0 Å². The van der Waals surface area contributed by atoms with E-state index < -0.39 is 0 Å². The van der Waals surface area contributed by atoms with Crippen LogP contribution in [0.4, 0.5) is 0 Å². The number of amides is 2. The molecular weight excluding hydrogens is 244 g/mol. The highest BCUT2D eigenvalue weighted by Crippen LogP contribution is 2.22. The number of hydrazone groups is 2. The summed E-state index contributed by atoms with van der Waals surface area (Å²) < 4.78 is 0. The molecule has 19 heavy (non-hydrogen) atoms. The van der Waals surface area contributed by atoms with Crippen molar-refractivity contribution in [3.05, 3.63) is 22.3 Å². The van der Waals surface area contributed by atoms with Gasteiger partial charge in [0.2, 0.25) is 0 Å². The zero-order valence-electron chi connectivity index (χ0n) is 11.4. The zero-order chi connectivity index (χ0) is 14.2. The molecule has 2 rings (SSSR count). The fourth-order valence-corrected chi connectivity index (χ4v) is 2.40. The molecule has 6 nitrogen and oxygen atoms in total. The van der Waals surface area contributed by atoms with E-state index in [4.69, 9.17) is 0 Å². The molecule has 0 unspecified atom stereocenters. The molecule has 0 fully saturated rings. The molecule has 0 aromatic carbocycles. The summed E-state index contributed by atoms with van der Waals surface area (Å²) in [5.74, 6) is -0.372. The van der Waals surface area contributed by atoms with Crippen molar-refractivity contribution in [1.82, 2.24) is 10.9 Å². The summed E-state index contributed by atoms with van der Waals surface area (Å²) in [6.07, 6.45) is 0.547. The Kier molecular flexibility index (Phi) is 3.33. The van der Waals surface area contributed by atoms with Crippen molar-refractivity contribution in [1.29, 1.82) is 0 Å². The molecule has 2 heterocycles. The lowest BCUT2D eigenvalue weighted by molar-refractivity contribution is -0.117. The van der Waals surface area contributed by atoms with E-state index in [1.54, 1.807) is 13.8 Å². The SMILES string of the molecule is CC1=NNC(=O)C1=C(C)CC(C)=C1C(=O)NN=C1C. The lowest BCUT2D eigenvalue weighted by Gasteiger charge is -2.08. The van der Waals surface area contributed by atoms with E-state index in [-0.39, 0.29) is 11.8 Å². The van der Waals surface area contributed by atoms with E-state index in [1.807, 2.05) is 13.8 Å². The van der Waals surface area contributed by atoms with Crippen LogP contribution in [0.15, 0.2) is 32.5 Å². The minimum Gasteiger partial charge on any atom is -0.267 e. The summed E-state index contributed by atoms with van der Waals surface area (Å²) >= 11 is 0. The van der Waals surface area contributed by atoms with Crippen LogP contribution < -0.4 is 10.9 Å². The fraction of sp³-hybridized carbons (Fsp3) is 0.385. The molecule has 0 spiro atoms. The first kappa shape index (κ1) is 13.2. The largest absolute Gasteiger partial charge is 0.273 e. The van der Waals surface area contributed by atoms with Gasteiger partial charge >= 0.3 is 0 Å². The highest BCUT2D eigenvalue weighted by atomic mass is 16.2. The van der Waals surface area contributed by atoms with Crippen LogP contribution in [0, 0.1) is 0 Å². The lowest BCUT2D eigenvalue weighted by Crippen LogP contribution is -2.16. The zero-order valence-corrected chi connectivity index (χ0v) is 11.4. The second-order valence-corrected chi connectivity index (χ2v) is 4.76. The molecule has 100 valence electrons. The van der Waals surface area contributed by atoms with Crippen LogP contribution in [0.2, 0.25) is 0 Å². The van der Waals surface area contributed by atoms with E-state index in [9.17, 15) is 9.59 Å². The van der Waals surface area contributed by atoms with Gasteiger partial charge in [-0.3, -0.25) is 9.59 Å². The van der Waals surface area contributed by atoms with E-state index in [1.165, 1.54) is 0 Å². The summed E-state index contributed by atoms with van der Waals surface area (Å²) in [5, 5.41) is 7.79. The number of rotatable bonds is 2. The molecule has 0 aromatic rings. The topological polar surface area (TPSA) is 82.9 Å². The molecule has 0 saturated heterocycles. The molecule has 0 atom stereocenters. The van der Waals surface area contributed by atoms with Crippen LogP contribution >= 0.6 is 0 Å². The Morgan fingerprint density at radius 2 is 1.26 bits per heavy atom. The standard InChI is InChI=1S/C13H16N4O2/c1-6(10-8(3)14-16-12(10)18)5-7(2)11-9(4)15-17-13(11)19/h5H2,1-4H3,(H,16,18)(H,17,19). The summed E-state index contributed by atoms with van der Waals surface area (Å²) in [6, 6.07) is 0. The van der Waals surface area contributed by atoms with Crippen LogP contribution in [-0.4, -0.2) is 23.2 Å². The van der Waals surface area contributed by atoms with Crippen molar-refractivity contribution in [2.24, 2.45) is 10.2 Å². The monoisotopic (exact) mass is 260 g/mol. The second-order valence-electron chi connectivity index (χ2n) is 4.76.